The van der Waals surface area contributed by atoms with Gasteiger partial charge in [-0.2, -0.15) is 0 Å². The van der Waals surface area contributed by atoms with Crippen LogP contribution in [0, 0.1) is 5.82 Å². The third-order valence-corrected chi connectivity index (χ3v) is 5.74. The Morgan fingerprint density at radius 1 is 1.10 bits per heavy atom. The van der Waals surface area contributed by atoms with E-state index in [0.29, 0.717) is 34.0 Å². The highest BCUT2D eigenvalue weighted by Gasteiger charge is 2.31. The molecule has 3 nitrogen and oxygen atoms in total. The molecule has 1 aliphatic heterocycles. The number of benzene rings is 3. The summed E-state index contributed by atoms with van der Waals surface area (Å²) in [5.41, 5.74) is 2.75. The molecule has 0 aliphatic carbocycles. The summed E-state index contributed by atoms with van der Waals surface area (Å²) >= 11 is 6.36. The third kappa shape index (κ3) is 3.85. The number of halogens is 2. The normalized spacial score (nSPS) is 16.1. The van der Waals surface area contributed by atoms with Crippen LogP contribution in [0.2, 0.25) is 5.02 Å². The summed E-state index contributed by atoms with van der Waals surface area (Å²) in [4.78, 5) is 15.0. The van der Waals surface area contributed by atoms with Crippen LogP contribution in [0.25, 0.3) is 11.1 Å². The van der Waals surface area contributed by atoms with E-state index in [1.807, 2.05) is 29.2 Å². The number of hydrogen-bond donors (Lipinski definition) is 0. The molecular weight excluding hydrogens is 389 g/mol. The second kappa shape index (κ2) is 8.26. The van der Waals surface area contributed by atoms with E-state index in [2.05, 4.69) is 0 Å². The molecule has 0 radical (unpaired) electrons. The van der Waals surface area contributed by atoms with E-state index in [4.69, 9.17) is 16.3 Å². The predicted molar refractivity (Wildman–Crippen MR) is 113 cm³/mol. The molecule has 0 bridgehead atoms. The van der Waals surface area contributed by atoms with Crippen molar-refractivity contribution in [2.75, 3.05) is 13.7 Å². The lowest BCUT2D eigenvalue weighted by atomic mass is 10.0. The maximum atomic E-state index is 14.3. The van der Waals surface area contributed by atoms with Crippen LogP contribution in [0.1, 0.15) is 34.8 Å². The molecule has 1 heterocycles. The Kier molecular flexibility index (Phi) is 5.54. The number of carbonyl (C=O) groups is 1. The van der Waals surface area contributed by atoms with Crippen molar-refractivity contribution in [2.45, 2.75) is 18.9 Å². The Balaban J connectivity index is 1.57. The Labute approximate surface area is 174 Å². The number of nitrogens with zero attached hydrogens (tertiary/aromatic N) is 1. The van der Waals surface area contributed by atoms with Gasteiger partial charge in [-0.15, -0.1) is 0 Å². The molecule has 0 unspecified atom stereocenters. The molecule has 1 amide bonds. The maximum Gasteiger partial charge on any atom is 0.254 e. The molecule has 148 valence electrons. The number of methoxy groups -OCH3 is 1. The maximum absolute atomic E-state index is 14.3. The van der Waals surface area contributed by atoms with E-state index in [-0.39, 0.29) is 17.8 Å². The molecule has 29 heavy (non-hydrogen) atoms. The van der Waals surface area contributed by atoms with Crippen molar-refractivity contribution in [2.24, 2.45) is 0 Å². The van der Waals surface area contributed by atoms with Crippen LogP contribution in [0.5, 0.6) is 5.75 Å². The molecular formula is C24H21ClFNO2. The van der Waals surface area contributed by atoms with E-state index in [1.165, 1.54) is 13.2 Å². The minimum absolute atomic E-state index is 0.0186. The van der Waals surface area contributed by atoms with Gasteiger partial charge in [0, 0.05) is 28.8 Å². The molecule has 0 spiro atoms. The molecule has 3 aromatic carbocycles. The first kappa shape index (κ1) is 19.5. The summed E-state index contributed by atoms with van der Waals surface area (Å²) in [6.07, 6.45) is 1.83. The number of rotatable bonds is 4. The van der Waals surface area contributed by atoms with E-state index in [0.717, 1.165) is 18.4 Å². The Hall–Kier alpha value is -2.85. The van der Waals surface area contributed by atoms with Crippen LogP contribution in [0.15, 0.2) is 66.7 Å². The number of carbonyl (C=O) groups excluding carboxylic acids is 1. The third-order valence-electron chi connectivity index (χ3n) is 5.40. The summed E-state index contributed by atoms with van der Waals surface area (Å²) in [5, 5.41) is 0.683. The van der Waals surface area contributed by atoms with Gasteiger partial charge in [0.15, 0.2) is 0 Å². The number of hydrogen-bond acceptors (Lipinski definition) is 2. The molecule has 5 heteroatoms. The molecule has 4 rings (SSSR count). The van der Waals surface area contributed by atoms with Gasteiger partial charge in [-0.25, -0.2) is 4.39 Å². The average molecular weight is 410 g/mol. The van der Waals surface area contributed by atoms with Crippen molar-refractivity contribution in [1.29, 1.82) is 0 Å². The van der Waals surface area contributed by atoms with Crippen LogP contribution in [0.4, 0.5) is 4.39 Å². The summed E-state index contributed by atoms with van der Waals surface area (Å²) in [6, 6.07) is 19.5. The van der Waals surface area contributed by atoms with Gasteiger partial charge in [0.25, 0.3) is 5.91 Å². The minimum atomic E-state index is -0.359. The van der Waals surface area contributed by atoms with Crippen molar-refractivity contribution >= 4 is 17.5 Å². The van der Waals surface area contributed by atoms with E-state index in [9.17, 15) is 9.18 Å². The number of ether oxygens (including phenoxy) is 1. The van der Waals surface area contributed by atoms with Crippen LogP contribution in [-0.4, -0.2) is 24.5 Å². The standard InChI is InChI=1S/C24H21ClFNO2/c1-29-18-12-13-19(22(26)15-18)16-8-10-17(11-9-16)24(28)27-14-4-7-23(27)20-5-2-3-6-21(20)25/h2-3,5-6,8-13,15,23H,4,7,14H2,1H3/t23-/m1/s1. The topological polar surface area (TPSA) is 29.5 Å². The fourth-order valence-electron chi connectivity index (χ4n) is 3.89. The Bertz CT molecular complexity index is 1040. The quantitative estimate of drug-likeness (QED) is 0.518. The van der Waals surface area contributed by atoms with Gasteiger partial charge in [0.05, 0.1) is 13.2 Å². The Morgan fingerprint density at radius 3 is 2.55 bits per heavy atom. The van der Waals surface area contributed by atoms with E-state index < -0.39 is 0 Å². The van der Waals surface area contributed by atoms with E-state index >= 15 is 0 Å². The lowest BCUT2D eigenvalue weighted by molar-refractivity contribution is 0.0736. The van der Waals surface area contributed by atoms with Gasteiger partial charge in [0.1, 0.15) is 11.6 Å². The van der Waals surface area contributed by atoms with Crippen molar-refractivity contribution in [3.05, 3.63) is 88.7 Å². The Morgan fingerprint density at radius 2 is 1.86 bits per heavy atom. The van der Waals surface area contributed by atoms with Crippen molar-refractivity contribution < 1.29 is 13.9 Å². The van der Waals surface area contributed by atoms with E-state index in [1.54, 1.807) is 36.4 Å². The summed E-state index contributed by atoms with van der Waals surface area (Å²) < 4.78 is 19.4. The molecule has 0 aromatic heterocycles. The van der Waals surface area contributed by atoms with Gasteiger partial charge >= 0.3 is 0 Å². The smallest absolute Gasteiger partial charge is 0.254 e. The monoisotopic (exact) mass is 409 g/mol. The molecule has 1 aliphatic rings. The molecule has 1 saturated heterocycles. The predicted octanol–water partition coefficient (Wildman–Crippen LogP) is 6.13. The average Bonchev–Trinajstić information content (AvgIpc) is 3.23. The van der Waals surface area contributed by atoms with Gasteiger partial charge < -0.3 is 9.64 Å². The van der Waals surface area contributed by atoms with Gasteiger partial charge in [-0.3, -0.25) is 4.79 Å². The zero-order chi connectivity index (χ0) is 20.4. The highest BCUT2D eigenvalue weighted by atomic mass is 35.5. The summed E-state index contributed by atoms with van der Waals surface area (Å²) in [7, 11) is 1.50. The van der Waals surface area contributed by atoms with Crippen LogP contribution in [0.3, 0.4) is 0 Å². The highest BCUT2D eigenvalue weighted by Crippen LogP contribution is 2.36. The molecule has 0 saturated carbocycles. The zero-order valence-electron chi connectivity index (χ0n) is 16.1. The zero-order valence-corrected chi connectivity index (χ0v) is 16.8. The lowest BCUT2D eigenvalue weighted by Crippen LogP contribution is -2.30. The molecule has 1 atom stereocenters. The van der Waals surface area contributed by atoms with Crippen molar-refractivity contribution in [3.63, 3.8) is 0 Å². The first-order valence-corrected chi connectivity index (χ1v) is 9.95. The minimum Gasteiger partial charge on any atom is -0.497 e. The first-order valence-electron chi connectivity index (χ1n) is 9.58. The van der Waals surface area contributed by atoms with Gasteiger partial charge in [-0.1, -0.05) is 41.9 Å². The van der Waals surface area contributed by atoms with Crippen molar-refractivity contribution in [1.82, 2.24) is 4.90 Å². The fraction of sp³-hybridized carbons (Fsp3) is 0.208. The molecule has 1 fully saturated rings. The first-order chi connectivity index (χ1) is 14.1. The molecule has 0 N–H and O–H groups in total. The lowest BCUT2D eigenvalue weighted by Gasteiger charge is -2.26. The fourth-order valence-corrected chi connectivity index (χ4v) is 4.16. The summed E-state index contributed by atoms with van der Waals surface area (Å²) in [6.45, 7) is 0.698. The van der Waals surface area contributed by atoms with Crippen LogP contribution >= 0.6 is 11.6 Å². The van der Waals surface area contributed by atoms with Gasteiger partial charge in [0.2, 0.25) is 0 Å². The van der Waals surface area contributed by atoms with Gasteiger partial charge in [-0.05, 0) is 54.3 Å². The molecule has 3 aromatic rings. The SMILES string of the molecule is COc1ccc(-c2ccc(C(=O)N3CCC[C@@H]3c3ccccc3Cl)cc2)c(F)c1. The second-order valence-corrected chi connectivity index (χ2v) is 7.51. The second-order valence-electron chi connectivity index (χ2n) is 7.10. The summed E-state index contributed by atoms with van der Waals surface area (Å²) in [5.74, 6) is 0.0774. The number of amides is 1. The largest absolute Gasteiger partial charge is 0.497 e. The highest BCUT2D eigenvalue weighted by molar-refractivity contribution is 6.31. The number of likely N-dealkylation sites (tertiary alicyclic amines) is 1. The van der Waals surface area contributed by atoms with Crippen LogP contribution < -0.4 is 4.74 Å². The van der Waals surface area contributed by atoms with Crippen molar-refractivity contribution in [3.8, 4) is 16.9 Å². The van der Waals surface area contributed by atoms with Crippen LogP contribution in [-0.2, 0) is 0 Å².